The Morgan fingerprint density at radius 1 is 1.19 bits per heavy atom. The molecule has 160 valence electrons. The second kappa shape index (κ2) is 7.53. The van der Waals surface area contributed by atoms with Gasteiger partial charge in [-0.2, -0.15) is 0 Å². The average molecular weight is 463 g/mol. The van der Waals surface area contributed by atoms with Crippen molar-refractivity contribution in [3.8, 4) is 11.4 Å². The molecule has 0 bridgehead atoms. The Morgan fingerprint density at radius 2 is 2.03 bits per heavy atom. The molecule has 3 heterocycles. The summed E-state index contributed by atoms with van der Waals surface area (Å²) < 4.78 is 7.64. The van der Waals surface area contributed by atoms with Crippen LogP contribution in [0.4, 0.5) is 0 Å². The molecule has 1 N–H and O–H groups in total. The third-order valence-corrected chi connectivity index (χ3v) is 7.27. The van der Waals surface area contributed by atoms with Crippen molar-refractivity contribution in [1.29, 1.82) is 0 Å². The Morgan fingerprint density at radius 3 is 2.88 bits per heavy atom. The molecule has 8 heteroatoms. The van der Waals surface area contributed by atoms with Crippen LogP contribution in [-0.4, -0.2) is 19.7 Å². The number of para-hydroxylation sites is 1. The lowest BCUT2D eigenvalue weighted by atomic mass is 10.1. The topological polar surface area (TPSA) is 76.7 Å². The maximum atomic E-state index is 12.1. The first-order chi connectivity index (χ1) is 15.6. The minimum Gasteiger partial charge on any atom is -0.423 e. The van der Waals surface area contributed by atoms with Crippen molar-refractivity contribution in [2.24, 2.45) is 0 Å². The highest BCUT2D eigenvalue weighted by molar-refractivity contribution is 7.98. The summed E-state index contributed by atoms with van der Waals surface area (Å²) in [5.41, 5.74) is 4.08. The molecule has 1 aliphatic carbocycles. The van der Waals surface area contributed by atoms with Gasteiger partial charge in [-0.25, -0.2) is 4.79 Å². The molecule has 0 aliphatic heterocycles. The molecule has 3 aromatic heterocycles. The third kappa shape index (κ3) is 3.32. The molecule has 2 aromatic carbocycles. The highest BCUT2D eigenvalue weighted by Gasteiger charge is 2.31. The van der Waals surface area contributed by atoms with Crippen LogP contribution in [0.15, 0.2) is 63.0 Å². The number of nitrogens with one attached hydrogen (secondary N) is 1. The van der Waals surface area contributed by atoms with Crippen molar-refractivity contribution < 1.29 is 4.42 Å². The Hall–Kier alpha value is -3.03. The molecule has 32 heavy (non-hydrogen) atoms. The fourth-order valence-electron chi connectivity index (χ4n) is 4.09. The zero-order valence-corrected chi connectivity index (χ0v) is 18.8. The number of thioether (sulfide) groups is 1. The van der Waals surface area contributed by atoms with Crippen LogP contribution in [0.1, 0.15) is 30.0 Å². The highest BCUT2D eigenvalue weighted by Crippen LogP contribution is 2.43. The quantitative estimate of drug-likeness (QED) is 0.251. The standard InChI is InChI=1S/C24H19ClN4O2S/c1-13-8-21-17(10-19(13)25)14(9-22(30)31-21)12-32-24-28-27-23(29(24)15-6-7-15)18-11-26-20-5-3-2-4-16(18)20/h2-5,8-11,15,26H,6-7,12H2,1H3. The lowest BCUT2D eigenvalue weighted by molar-refractivity contribution is 0.559. The summed E-state index contributed by atoms with van der Waals surface area (Å²) >= 11 is 7.92. The molecule has 6 rings (SSSR count). The number of rotatable bonds is 5. The minimum atomic E-state index is -0.363. The predicted octanol–water partition coefficient (Wildman–Crippen LogP) is 6.12. The van der Waals surface area contributed by atoms with Crippen molar-refractivity contribution in [2.45, 2.75) is 36.7 Å². The van der Waals surface area contributed by atoms with E-state index in [1.54, 1.807) is 17.8 Å². The van der Waals surface area contributed by atoms with Crippen molar-refractivity contribution in [1.82, 2.24) is 19.7 Å². The van der Waals surface area contributed by atoms with Gasteiger partial charge in [0, 0.05) is 50.9 Å². The van der Waals surface area contributed by atoms with E-state index in [0.717, 1.165) is 56.8 Å². The smallest absolute Gasteiger partial charge is 0.336 e. The van der Waals surface area contributed by atoms with Gasteiger partial charge < -0.3 is 9.40 Å². The van der Waals surface area contributed by atoms with Gasteiger partial charge in [-0.1, -0.05) is 41.6 Å². The van der Waals surface area contributed by atoms with E-state index in [0.29, 0.717) is 22.4 Å². The molecular weight excluding hydrogens is 444 g/mol. The van der Waals surface area contributed by atoms with E-state index in [9.17, 15) is 4.79 Å². The second-order valence-corrected chi connectivity index (χ2v) is 9.48. The van der Waals surface area contributed by atoms with Crippen LogP contribution in [0, 0.1) is 6.92 Å². The van der Waals surface area contributed by atoms with Gasteiger partial charge in [0.05, 0.1) is 0 Å². The van der Waals surface area contributed by atoms with Gasteiger partial charge in [-0.3, -0.25) is 4.57 Å². The van der Waals surface area contributed by atoms with Gasteiger partial charge in [0.2, 0.25) is 0 Å². The Balaban J connectivity index is 1.39. The van der Waals surface area contributed by atoms with E-state index >= 15 is 0 Å². The third-order valence-electron chi connectivity index (χ3n) is 5.87. The molecule has 0 spiro atoms. The van der Waals surface area contributed by atoms with Gasteiger partial charge in [-0.15, -0.1) is 10.2 Å². The SMILES string of the molecule is Cc1cc2oc(=O)cc(CSc3nnc(-c4c[nH]c5ccccc45)n3C3CC3)c2cc1Cl. The fourth-order valence-corrected chi connectivity index (χ4v) is 5.25. The summed E-state index contributed by atoms with van der Waals surface area (Å²) in [6, 6.07) is 13.8. The number of fused-ring (bicyclic) bond motifs is 2. The molecule has 0 amide bonds. The first-order valence-corrected chi connectivity index (χ1v) is 11.8. The van der Waals surface area contributed by atoms with Crippen LogP contribution < -0.4 is 5.63 Å². The van der Waals surface area contributed by atoms with Crippen molar-refractivity contribution >= 4 is 45.2 Å². The first kappa shape index (κ1) is 19.6. The minimum absolute atomic E-state index is 0.363. The lowest BCUT2D eigenvalue weighted by Crippen LogP contribution is -2.02. The van der Waals surface area contributed by atoms with E-state index in [1.165, 1.54) is 0 Å². The molecule has 0 saturated heterocycles. The number of halogens is 1. The van der Waals surface area contributed by atoms with Crippen molar-refractivity contribution in [3.05, 3.63) is 75.2 Å². The molecule has 1 fully saturated rings. The summed E-state index contributed by atoms with van der Waals surface area (Å²) in [5.74, 6) is 1.45. The molecule has 0 unspecified atom stereocenters. The number of H-pyrrole nitrogens is 1. The monoisotopic (exact) mass is 462 g/mol. The fraction of sp³-hybridized carbons (Fsp3) is 0.208. The maximum Gasteiger partial charge on any atom is 0.336 e. The zero-order valence-electron chi connectivity index (χ0n) is 17.3. The molecule has 1 aliphatic rings. The Labute approximate surface area is 192 Å². The number of hydrogen-bond acceptors (Lipinski definition) is 5. The lowest BCUT2D eigenvalue weighted by Gasteiger charge is -2.10. The summed E-state index contributed by atoms with van der Waals surface area (Å²) in [6.45, 7) is 1.90. The van der Waals surface area contributed by atoms with E-state index in [1.807, 2.05) is 37.4 Å². The second-order valence-electron chi connectivity index (χ2n) is 8.13. The van der Waals surface area contributed by atoms with E-state index < -0.39 is 0 Å². The Bertz CT molecular complexity index is 1550. The molecular formula is C24H19ClN4O2S. The van der Waals surface area contributed by atoms with Gasteiger partial charge in [0.15, 0.2) is 11.0 Å². The predicted molar refractivity (Wildman–Crippen MR) is 127 cm³/mol. The average Bonchev–Trinajstić information content (AvgIpc) is 3.39. The molecule has 6 nitrogen and oxygen atoms in total. The molecule has 0 atom stereocenters. The molecule has 1 saturated carbocycles. The summed E-state index contributed by atoms with van der Waals surface area (Å²) in [5, 5.41) is 12.6. The van der Waals surface area contributed by atoms with Crippen LogP contribution in [0.3, 0.4) is 0 Å². The molecule has 0 radical (unpaired) electrons. The van der Waals surface area contributed by atoms with Crippen LogP contribution in [0.5, 0.6) is 0 Å². The van der Waals surface area contributed by atoms with E-state index in [-0.39, 0.29) is 5.63 Å². The normalized spacial score (nSPS) is 13.9. The highest BCUT2D eigenvalue weighted by atomic mass is 35.5. The largest absolute Gasteiger partial charge is 0.423 e. The van der Waals surface area contributed by atoms with E-state index in [2.05, 4.69) is 31.9 Å². The molecule has 5 aromatic rings. The van der Waals surface area contributed by atoms with Crippen molar-refractivity contribution in [2.75, 3.05) is 0 Å². The van der Waals surface area contributed by atoms with Crippen molar-refractivity contribution in [3.63, 3.8) is 0 Å². The number of hydrogen-bond donors (Lipinski definition) is 1. The van der Waals surface area contributed by atoms with Gasteiger partial charge >= 0.3 is 5.63 Å². The number of benzene rings is 2. The van der Waals surface area contributed by atoms with Crippen LogP contribution in [0.25, 0.3) is 33.3 Å². The number of aryl methyl sites for hydroxylation is 1. The van der Waals surface area contributed by atoms with Crippen LogP contribution in [-0.2, 0) is 5.75 Å². The maximum absolute atomic E-state index is 12.1. The van der Waals surface area contributed by atoms with E-state index in [4.69, 9.17) is 16.0 Å². The Kier molecular flexibility index (Phi) is 4.62. The van der Waals surface area contributed by atoms with Gasteiger partial charge in [0.25, 0.3) is 0 Å². The summed E-state index contributed by atoms with van der Waals surface area (Å²) in [4.78, 5) is 15.5. The van der Waals surface area contributed by atoms with Crippen LogP contribution in [0.2, 0.25) is 5.02 Å². The zero-order chi connectivity index (χ0) is 21.8. The van der Waals surface area contributed by atoms with Crippen LogP contribution >= 0.6 is 23.4 Å². The van der Waals surface area contributed by atoms with Gasteiger partial charge in [-0.05, 0) is 49.1 Å². The summed E-state index contributed by atoms with van der Waals surface area (Å²) in [7, 11) is 0. The summed E-state index contributed by atoms with van der Waals surface area (Å²) in [6.07, 6.45) is 4.24. The van der Waals surface area contributed by atoms with Gasteiger partial charge in [0.1, 0.15) is 5.58 Å². The first-order valence-electron chi connectivity index (χ1n) is 10.5. The number of aromatic amines is 1. The number of nitrogens with zero attached hydrogens (tertiary/aromatic N) is 3. The number of aromatic nitrogens is 4.